The number of aromatic nitrogens is 3. The van der Waals surface area contributed by atoms with Crippen LogP contribution >= 0.6 is 0 Å². The first-order valence-corrected chi connectivity index (χ1v) is 10.4. The van der Waals surface area contributed by atoms with Crippen molar-refractivity contribution >= 4 is 21.9 Å². The predicted octanol–water partition coefficient (Wildman–Crippen LogP) is 3.23. The van der Waals surface area contributed by atoms with Crippen LogP contribution in [0.2, 0.25) is 0 Å². The van der Waals surface area contributed by atoms with E-state index in [1.807, 2.05) is 18.2 Å². The van der Waals surface area contributed by atoms with Gasteiger partial charge in [-0.05, 0) is 25.5 Å². The normalized spacial score (nSPS) is 13.3. The number of aromatic amines is 1. The maximum atomic E-state index is 13.1. The number of aryl methyl sites for hydroxylation is 1. The van der Waals surface area contributed by atoms with Crippen LogP contribution in [0.15, 0.2) is 41.2 Å². The molecule has 7 nitrogen and oxygen atoms in total. The van der Waals surface area contributed by atoms with Gasteiger partial charge in [-0.2, -0.15) is 0 Å². The lowest BCUT2D eigenvalue weighted by Crippen LogP contribution is -2.17. The number of nitrogens with zero attached hydrogens (tertiary/aromatic N) is 2. The van der Waals surface area contributed by atoms with Gasteiger partial charge in [-0.25, -0.2) is 4.98 Å². The zero-order valence-electron chi connectivity index (χ0n) is 16.9. The molecule has 0 saturated heterocycles. The van der Waals surface area contributed by atoms with Gasteiger partial charge in [0.05, 0.1) is 11.0 Å². The fourth-order valence-corrected chi connectivity index (χ4v) is 4.29. The summed E-state index contributed by atoms with van der Waals surface area (Å²) < 4.78 is 13.6. The number of H-pyrrole nitrogens is 1. The number of benzene rings is 2. The molecule has 30 heavy (non-hydrogen) atoms. The zero-order chi connectivity index (χ0) is 20.7. The Kier molecular flexibility index (Phi) is 4.67. The van der Waals surface area contributed by atoms with Crippen molar-refractivity contribution in [1.29, 1.82) is 0 Å². The maximum Gasteiger partial charge on any atom is 0.275 e. The molecule has 1 aliphatic rings. The minimum atomic E-state index is -0.212. The molecule has 0 fully saturated rings. The van der Waals surface area contributed by atoms with Gasteiger partial charge in [-0.15, -0.1) is 0 Å². The predicted molar refractivity (Wildman–Crippen MR) is 117 cm³/mol. The summed E-state index contributed by atoms with van der Waals surface area (Å²) in [5, 5.41) is 1.03. The molecule has 5 rings (SSSR count). The van der Waals surface area contributed by atoms with Crippen LogP contribution in [0.3, 0.4) is 0 Å². The van der Waals surface area contributed by atoms with E-state index in [1.165, 1.54) is 0 Å². The molecule has 0 spiro atoms. The third-order valence-electron chi connectivity index (χ3n) is 5.59. The Labute approximate surface area is 173 Å². The van der Waals surface area contributed by atoms with Crippen LogP contribution in [0, 0.1) is 0 Å². The van der Waals surface area contributed by atoms with Crippen molar-refractivity contribution in [3.8, 4) is 22.8 Å². The first-order chi connectivity index (χ1) is 14.7. The highest BCUT2D eigenvalue weighted by atomic mass is 16.6. The Hall–Kier alpha value is -3.32. The summed E-state index contributed by atoms with van der Waals surface area (Å²) in [7, 11) is 0. The van der Waals surface area contributed by atoms with E-state index < -0.39 is 0 Å². The Morgan fingerprint density at radius 2 is 1.93 bits per heavy atom. The topological polar surface area (TPSA) is 95.2 Å². The summed E-state index contributed by atoms with van der Waals surface area (Å²) in [6.45, 7) is 4.53. The minimum absolute atomic E-state index is 0.212. The molecule has 3 heterocycles. The molecule has 2 aromatic heterocycles. The monoisotopic (exact) mass is 404 g/mol. The first kappa shape index (κ1) is 18.7. The Morgan fingerprint density at radius 1 is 1.17 bits per heavy atom. The van der Waals surface area contributed by atoms with Crippen molar-refractivity contribution in [3.05, 3.63) is 52.4 Å². The molecule has 1 aliphatic heterocycles. The summed E-state index contributed by atoms with van der Waals surface area (Å²) in [6, 6.07) is 11.8. The summed E-state index contributed by atoms with van der Waals surface area (Å²) in [5.74, 6) is 1.28. The lowest BCUT2D eigenvalue weighted by molar-refractivity contribution is 0.172. The van der Waals surface area contributed by atoms with E-state index in [4.69, 9.17) is 20.2 Å². The van der Waals surface area contributed by atoms with Gasteiger partial charge in [-0.3, -0.25) is 4.79 Å². The summed E-state index contributed by atoms with van der Waals surface area (Å²) in [5.41, 5.74) is 10.4. The fraction of sp³-hybridized carbons (Fsp3) is 0.304. The van der Waals surface area contributed by atoms with E-state index in [0.29, 0.717) is 48.0 Å². The van der Waals surface area contributed by atoms with Crippen LogP contribution in [0.5, 0.6) is 11.5 Å². The van der Waals surface area contributed by atoms with Crippen molar-refractivity contribution < 1.29 is 9.47 Å². The van der Waals surface area contributed by atoms with Crippen molar-refractivity contribution in [2.75, 3.05) is 19.8 Å². The highest BCUT2D eigenvalue weighted by Crippen LogP contribution is 2.36. The molecule has 0 amide bonds. The van der Waals surface area contributed by atoms with Crippen molar-refractivity contribution in [1.82, 2.24) is 14.5 Å². The van der Waals surface area contributed by atoms with Gasteiger partial charge in [0.25, 0.3) is 5.56 Å². The quantitative estimate of drug-likeness (QED) is 0.533. The Balaban J connectivity index is 1.77. The average molecular weight is 404 g/mol. The molecule has 0 aliphatic carbocycles. The molecule has 0 atom stereocenters. The van der Waals surface area contributed by atoms with Gasteiger partial charge in [0, 0.05) is 40.8 Å². The van der Waals surface area contributed by atoms with Crippen LogP contribution in [0.1, 0.15) is 19.0 Å². The van der Waals surface area contributed by atoms with Gasteiger partial charge < -0.3 is 24.8 Å². The SMILES string of the molecule is CCc1c(-c2nc3cc4c(cc3[nH]c2=O)OCCO4)c2ccccc2n1CCCN. The second-order valence-corrected chi connectivity index (χ2v) is 7.41. The standard InChI is InChI=1S/C23H24N4O3/c1-2-17-21(14-6-3-4-7-18(14)27(17)9-5-8-24)22-23(28)26-16-13-20-19(12-15(16)25-22)29-10-11-30-20/h3-4,6-7,12-13H,2,5,8-11,24H2,1H3,(H,26,28). The summed E-state index contributed by atoms with van der Waals surface area (Å²) in [4.78, 5) is 20.9. The zero-order valence-corrected chi connectivity index (χ0v) is 16.9. The Morgan fingerprint density at radius 3 is 2.70 bits per heavy atom. The number of hydrogen-bond donors (Lipinski definition) is 2. The summed E-state index contributed by atoms with van der Waals surface area (Å²) in [6.07, 6.45) is 1.66. The lowest BCUT2D eigenvalue weighted by Gasteiger charge is -2.18. The minimum Gasteiger partial charge on any atom is -0.486 e. The van der Waals surface area contributed by atoms with Crippen molar-refractivity contribution in [2.24, 2.45) is 5.73 Å². The number of nitrogens with two attached hydrogens (primary N) is 1. The third-order valence-corrected chi connectivity index (χ3v) is 5.59. The van der Waals surface area contributed by atoms with Crippen LogP contribution in [-0.4, -0.2) is 34.3 Å². The highest BCUT2D eigenvalue weighted by Gasteiger charge is 2.22. The van der Waals surface area contributed by atoms with Gasteiger partial charge in [0.2, 0.25) is 0 Å². The second-order valence-electron chi connectivity index (χ2n) is 7.41. The molecule has 7 heteroatoms. The van der Waals surface area contributed by atoms with Gasteiger partial charge >= 0.3 is 0 Å². The number of para-hydroxylation sites is 1. The average Bonchev–Trinajstić information content (AvgIpc) is 3.09. The molecule has 3 N–H and O–H groups in total. The third kappa shape index (κ3) is 2.93. The van der Waals surface area contributed by atoms with E-state index in [2.05, 4.69) is 28.6 Å². The number of fused-ring (bicyclic) bond motifs is 3. The molecule has 154 valence electrons. The van der Waals surface area contributed by atoms with E-state index in [-0.39, 0.29) is 5.56 Å². The molecule has 0 unspecified atom stereocenters. The highest BCUT2D eigenvalue weighted by molar-refractivity contribution is 5.98. The van der Waals surface area contributed by atoms with Crippen molar-refractivity contribution in [2.45, 2.75) is 26.3 Å². The smallest absolute Gasteiger partial charge is 0.275 e. The fourth-order valence-electron chi connectivity index (χ4n) is 4.29. The molecule has 0 radical (unpaired) electrons. The number of nitrogens with one attached hydrogen (secondary N) is 1. The van der Waals surface area contributed by atoms with Crippen LogP contribution in [0.25, 0.3) is 33.2 Å². The molecular weight excluding hydrogens is 380 g/mol. The lowest BCUT2D eigenvalue weighted by atomic mass is 10.1. The first-order valence-electron chi connectivity index (χ1n) is 10.4. The molecule has 4 aromatic rings. The second kappa shape index (κ2) is 7.50. The molecule has 0 saturated carbocycles. The van der Waals surface area contributed by atoms with Crippen LogP contribution in [0.4, 0.5) is 0 Å². The molecular formula is C23H24N4O3. The van der Waals surface area contributed by atoms with Crippen LogP contribution < -0.4 is 20.8 Å². The van der Waals surface area contributed by atoms with Crippen LogP contribution in [-0.2, 0) is 13.0 Å². The number of hydrogen-bond acceptors (Lipinski definition) is 5. The van der Waals surface area contributed by atoms with E-state index in [0.717, 1.165) is 41.5 Å². The Bertz CT molecular complexity index is 1310. The summed E-state index contributed by atoms with van der Waals surface area (Å²) >= 11 is 0. The maximum absolute atomic E-state index is 13.1. The van der Waals surface area contributed by atoms with Crippen molar-refractivity contribution in [3.63, 3.8) is 0 Å². The molecule has 2 aromatic carbocycles. The largest absolute Gasteiger partial charge is 0.486 e. The van der Waals surface area contributed by atoms with E-state index >= 15 is 0 Å². The number of ether oxygens (including phenoxy) is 2. The van der Waals surface area contributed by atoms with E-state index in [9.17, 15) is 4.79 Å². The molecule has 0 bridgehead atoms. The van der Waals surface area contributed by atoms with Gasteiger partial charge in [0.15, 0.2) is 11.5 Å². The van der Waals surface area contributed by atoms with Gasteiger partial charge in [0.1, 0.15) is 18.9 Å². The van der Waals surface area contributed by atoms with E-state index in [1.54, 1.807) is 6.07 Å². The van der Waals surface area contributed by atoms with Gasteiger partial charge in [-0.1, -0.05) is 25.1 Å². The number of rotatable bonds is 5.